The van der Waals surface area contributed by atoms with Crippen LogP contribution in [0.4, 0.5) is 5.69 Å². The van der Waals surface area contributed by atoms with Crippen molar-refractivity contribution in [1.29, 1.82) is 5.26 Å². The second-order valence-electron chi connectivity index (χ2n) is 5.64. The lowest BCUT2D eigenvalue weighted by molar-refractivity contribution is -0.384. The molecule has 0 spiro atoms. The molecule has 0 aliphatic heterocycles. The first kappa shape index (κ1) is 17.5. The molecule has 1 heterocycles. The minimum absolute atomic E-state index is 0.00188. The first-order valence-corrected chi connectivity index (χ1v) is 8.08. The maximum atomic E-state index is 11.0. The van der Waals surface area contributed by atoms with Crippen LogP contribution in [0.25, 0.3) is 23.0 Å². The highest BCUT2D eigenvalue weighted by atomic mass is 35.5. The highest BCUT2D eigenvalue weighted by molar-refractivity contribution is 6.30. The monoisotopic (exact) mass is 364 g/mol. The predicted octanol–water partition coefficient (Wildman–Crippen LogP) is 5.88. The van der Waals surface area contributed by atoms with Gasteiger partial charge >= 0.3 is 0 Å². The van der Waals surface area contributed by atoms with E-state index >= 15 is 0 Å². The topological polar surface area (TPSA) is 80.1 Å². The fourth-order valence-corrected chi connectivity index (χ4v) is 2.64. The van der Waals surface area contributed by atoms with Crippen LogP contribution in [0, 0.1) is 28.4 Å². The number of hydrogen-bond donors (Lipinski definition) is 0. The number of hydrogen-bond acceptors (Lipinski definition) is 4. The molecule has 1 aromatic heterocycles. The molecule has 6 heteroatoms. The molecule has 0 saturated heterocycles. The highest BCUT2D eigenvalue weighted by Gasteiger charge is 2.13. The van der Waals surface area contributed by atoms with Gasteiger partial charge in [0.25, 0.3) is 5.69 Å². The minimum atomic E-state index is -0.443. The van der Waals surface area contributed by atoms with Crippen LogP contribution in [0.15, 0.2) is 59.0 Å². The number of nitro groups is 1. The normalized spacial score (nSPS) is 11.2. The smallest absolute Gasteiger partial charge is 0.270 e. The van der Waals surface area contributed by atoms with E-state index in [1.54, 1.807) is 48.5 Å². The van der Waals surface area contributed by atoms with E-state index in [1.165, 1.54) is 12.1 Å². The SMILES string of the molecule is Cc1ccc([N+](=O)[O-])cc1-c1ccc(/C=C(/C#N)c2ccc(Cl)cc2)o1. The number of benzene rings is 2. The first-order chi connectivity index (χ1) is 12.5. The van der Waals surface area contributed by atoms with Crippen molar-refractivity contribution in [2.45, 2.75) is 6.92 Å². The van der Waals surface area contributed by atoms with E-state index in [9.17, 15) is 15.4 Å². The van der Waals surface area contributed by atoms with Gasteiger partial charge in [-0.25, -0.2) is 0 Å². The summed E-state index contributed by atoms with van der Waals surface area (Å²) in [7, 11) is 0. The summed E-state index contributed by atoms with van der Waals surface area (Å²) in [5, 5.41) is 21.0. The Kier molecular flexibility index (Phi) is 4.87. The Morgan fingerprint density at radius 1 is 1.19 bits per heavy atom. The predicted molar refractivity (Wildman–Crippen MR) is 100 cm³/mol. The van der Waals surface area contributed by atoms with E-state index in [0.717, 1.165) is 11.1 Å². The number of rotatable bonds is 4. The van der Waals surface area contributed by atoms with Gasteiger partial charge in [-0.2, -0.15) is 5.26 Å². The molecule has 0 unspecified atom stereocenters. The van der Waals surface area contributed by atoms with Gasteiger partial charge < -0.3 is 4.42 Å². The molecule has 0 N–H and O–H groups in total. The van der Waals surface area contributed by atoms with E-state index in [0.29, 0.717) is 27.7 Å². The number of allylic oxidation sites excluding steroid dienone is 1. The van der Waals surface area contributed by atoms with E-state index in [-0.39, 0.29) is 5.69 Å². The fraction of sp³-hybridized carbons (Fsp3) is 0.0500. The van der Waals surface area contributed by atoms with Crippen LogP contribution in [0.3, 0.4) is 0 Å². The molecule has 0 aliphatic rings. The number of nitro benzene ring substituents is 1. The summed E-state index contributed by atoms with van der Waals surface area (Å²) in [6, 6.07) is 17.1. The second kappa shape index (κ2) is 7.26. The standard InChI is InChI=1S/C20H13ClN2O3/c1-13-2-7-17(23(24)25)11-19(13)20-9-8-18(26-20)10-15(12-22)14-3-5-16(21)6-4-14/h2-11H,1H3/b15-10-. The molecule has 0 aliphatic carbocycles. The molecule has 0 radical (unpaired) electrons. The lowest BCUT2D eigenvalue weighted by Gasteiger charge is -2.02. The van der Waals surface area contributed by atoms with Gasteiger partial charge in [0.15, 0.2) is 0 Å². The molecule has 0 atom stereocenters. The summed E-state index contributed by atoms with van der Waals surface area (Å²) in [6.45, 7) is 1.85. The van der Waals surface area contributed by atoms with E-state index in [4.69, 9.17) is 16.0 Å². The number of nitriles is 1. The summed E-state index contributed by atoms with van der Waals surface area (Å²) in [5.74, 6) is 0.989. The summed E-state index contributed by atoms with van der Waals surface area (Å²) >= 11 is 5.87. The van der Waals surface area contributed by atoms with Gasteiger partial charge in [0, 0.05) is 22.7 Å². The molecule has 0 bridgehead atoms. The molecule has 128 valence electrons. The summed E-state index contributed by atoms with van der Waals surface area (Å²) < 4.78 is 5.79. The van der Waals surface area contributed by atoms with Crippen molar-refractivity contribution in [1.82, 2.24) is 0 Å². The van der Waals surface area contributed by atoms with E-state index < -0.39 is 4.92 Å². The molecule has 3 aromatic rings. The van der Waals surface area contributed by atoms with E-state index in [1.807, 2.05) is 6.92 Å². The Bertz CT molecular complexity index is 1040. The Balaban J connectivity index is 1.97. The Hall–Kier alpha value is -3.36. The summed E-state index contributed by atoms with van der Waals surface area (Å²) in [4.78, 5) is 10.5. The zero-order chi connectivity index (χ0) is 18.7. The number of halogens is 1. The van der Waals surface area contributed by atoms with Crippen LogP contribution in [-0.2, 0) is 0 Å². The quantitative estimate of drug-likeness (QED) is 0.329. The third-order valence-corrected chi connectivity index (χ3v) is 4.14. The maximum Gasteiger partial charge on any atom is 0.270 e. The van der Waals surface area contributed by atoms with Gasteiger partial charge in [-0.1, -0.05) is 29.8 Å². The lowest BCUT2D eigenvalue weighted by atomic mass is 10.1. The van der Waals surface area contributed by atoms with Crippen LogP contribution in [0.2, 0.25) is 5.02 Å². The zero-order valence-electron chi connectivity index (χ0n) is 13.8. The van der Waals surface area contributed by atoms with Crippen LogP contribution in [0.5, 0.6) is 0 Å². The molecule has 3 rings (SSSR count). The number of aryl methyl sites for hydroxylation is 1. The average molecular weight is 365 g/mol. The van der Waals surface area contributed by atoms with Crippen molar-refractivity contribution >= 4 is 28.9 Å². The largest absolute Gasteiger partial charge is 0.457 e. The molecule has 5 nitrogen and oxygen atoms in total. The Labute approximate surface area is 154 Å². The van der Waals surface area contributed by atoms with Crippen LogP contribution >= 0.6 is 11.6 Å². The maximum absolute atomic E-state index is 11.0. The van der Waals surface area contributed by atoms with Crippen molar-refractivity contribution in [3.8, 4) is 17.4 Å². The van der Waals surface area contributed by atoms with Crippen LogP contribution in [0.1, 0.15) is 16.9 Å². The van der Waals surface area contributed by atoms with E-state index in [2.05, 4.69) is 6.07 Å². The molecule has 0 fully saturated rings. The van der Waals surface area contributed by atoms with Crippen molar-refractivity contribution in [2.75, 3.05) is 0 Å². The zero-order valence-corrected chi connectivity index (χ0v) is 14.5. The Morgan fingerprint density at radius 3 is 2.58 bits per heavy atom. The average Bonchev–Trinajstić information content (AvgIpc) is 3.09. The summed E-state index contributed by atoms with van der Waals surface area (Å²) in [6.07, 6.45) is 1.62. The van der Waals surface area contributed by atoms with Crippen molar-refractivity contribution in [3.63, 3.8) is 0 Å². The Morgan fingerprint density at radius 2 is 1.92 bits per heavy atom. The van der Waals surface area contributed by atoms with Gasteiger partial charge in [-0.15, -0.1) is 0 Å². The molecular weight excluding hydrogens is 352 g/mol. The first-order valence-electron chi connectivity index (χ1n) is 7.71. The minimum Gasteiger partial charge on any atom is -0.457 e. The number of furan rings is 1. The van der Waals surface area contributed by atoms with Crippen molar-refractivity contribution in [3.05, 3.63) is 86.6 Å². The van der Waals surface area contributed by atoms with Crippen molar-refractivity contribution in [2.24, 2.45) is 0 Å². The lowest BCUT2D eigenvalue weighted by Crippen LogP contribution is -1.89. The van der Waals surface area contributed by atoms with Crippen LogP contribution in [-0.4, -0.2) is 4.92 Å². The summed E-state index contributed by atoms with van der Waals surface area (Å²) in [5.41, 5.74) is 2.65. The number of nitrogens with zero attached hydrogens (tertiary/aromatic N) is 2. The molecule has 2 aromatic carbocycles. The highest BCUT2D eigenvalue weighted by Crippen LogP contribution is 2.30. The molecule has 26 heavy (non-hydrogen) atoms. The van der Waals surface area contributed by atoms with Crippen molar-refractivity contribution < 1.29 is 9.34 Å². The third kappa shape index (κ3) is 3.66. The fourth-order valence-electron chi connectivity index (χ4n) is 2.52. The van der Waals surface area contributed by atoms with Gasteiger partial charge in [-0.3, -0.25) is 10.1 Å². The van der Waals surface area contributed by atoms with Gasteiger partial charge in [-0.05, 0) is 48.4 Å². The van der Waals surface area contributed by atoms with Gasteiger partial charge in [0.1, 0.15) is 11.5 Å². The molecule has 0 saturated carbocycles. The number of non-ortho nitro benzene ring substituents is 1. The van der Waals surface area contributed by atoms with Gasteiger partial charge in [0.05, 0.1) is 16.6 Å². The second-order valence-corrected chi connectivity index (χ2v) is 6.07. The van der Waals surface area contributed by atoms with Crippen LogP contribution < -0.4 is 0 Å². The molecular formula is C20H13ClN2O3. The molecule has 0 amide bonds. The van der Waals surface area contributed by atoms with Gasteiger partial charge in [0.2, 0.25) is 0 Å². The third-order valence-electron chi connectivity index (χ3n) is 3.89.